The van der Waals surface area contributed by atoms with E-state index in [0.29, 0.717) is 0 Å². The average Bonchev–Trinajstić information content (AvgIpc) is 2.61. The highest BCUT2D eigenvalue weighted by atomic mass is 16.3. The normalized spacial score (nSPS) is 17.3. The minimum absolute atomic E-state index is 0.118. The van der Waals surface area contributed by atoms with Gasteiger partial charge in [0.1, 0.15) is 5.82 Å². The van der Waals surface area contributed by atoms with Gasteiger partial charge in [-0.3, -0.25) is 4.90 Å². The minimum Gasteiger partial charge on any atom is -0.390 e. The molecule has 0 bridgehead atoms. The number of fused-ring (bicyclic) bond motifs is 1. The maximum atomic E-state index is 9.25. The zero-order valence-electron chi connectivity index (χ0n) is 10.9. The van der Waals surface area contributed by atoms with Gasteiger partial charge in [-0.25, -0.2) is 4.98 Å². The van der Waals surface area contributed by atoms with Crippen LogP contribution in [0, 0.1) is 6.92 Å². The Balaban J connectivity index is 1.77. The fourth-order valence-electron chi connectivity index (χ4n) is 2.56. The Kier molecular flexibility index (Phi) is 2.84. The standard InChI is InChI=1S/C14H19N3O/c1-10-3-4-12-13(7-10)16(2)14(15-12)5-6-17-8-11(18)9-17/h3-4,7,11,18H,5-6,8-9H2,1-2H3. The number of hydrogen-bond donors (Lipinski definition) is 1. The summed E-state index contributed by atoms with van der Waals surface area (Å²) in [5, 5.41) is 9.25. The summed E-state index contributed by atoms with van der Waals surface area (Å²) in [6, 6.07) is 6.37. The molecular weight excluding hydrogens is 226 g/mol. The van der Waals surface area contributed by atoms with Gasteiger partial charge in [-0.2, -0.15) is 0 Å². The predicted octanol–water partition coefficient (Wildman–Crippen LogP) is 1.10. The Morgan fingerprint density at radius 1 is 1.39 bits per heavy atom. The van der Waals surface area contributed by atoms with Gasteiger partial charge in [0.25, 0.3) is 0 Å². The number of rotatable bonds is 3. The van der Waals surface area contributed by atoms with E-state index in [2.05, 4.69) is 46.6 Å². The van der Waals surface area contributed by atoms with Gasteiger partial charge in [-0.05, 0) is 24.6 Å². The average molecular weight is 245 g/mol. The van der Waals surface area contributed by atoms with Crippen molar-refractivity contribution < 1.29 is 5.11 Å². The molecule has 1 fully saturated rings. The van der Waals surface area contributed by atoms with Gasteiger partial charge in [0.2, 0.25) is 0 Å². The van der Waals surface area contributed by atoms with Crippen LogP contribution in [0.3, 0.4) is 0 Å². The number of imidazole rings is 1. The molecule has 2 heterocycles. The molecule has 0 amide bonds. The minimum atomic E-state index is -0.118. The van der Waals surface area contributed by atoms with Gasteiger partial charge in [-0.1, -0.05) is 6.07 Å². The molecule has 0 spiro atoms. The van der Waals surface area contributed by atoms with Gasteiger partial charge in [-0.15, -0.1) is 0 Å². The van der Waals surface area contributed by atoms with E-state index in [1.54, 1.807) is 0 Å². The first-order valence-electron chi connectivity index (χ1n) is 6.46. The molecule has 0 aliphatic carbocycles. The van der Waals surface area contributed by atoms with E-state index in [0.717, 1.165) is 37.4 Å². The number of aliphatic hydroxyl groups excluding tert-OH is 1. The molecule has 0 atom stereocenters. The van der Waals surface area contributed by atoms with Crippen LogP contribution in [0.5, 0.6) is 0 Å². The molecule has 1 aliphatic rings. The molecule has 1 N–H and O–H groups in total. The zero-order chi connectivity index (χ0) is 12.7. The van der Waals surface area contributed by atoms with E-state index in [1.807, 2.05) is 0 Å². The lowest BCUT2D eigenvalue weighted by Crippen LogP contribution is -2.51. The molecule has 1 saturated heterocycles. The molecule has 0 unspecified atom stereocenters. The molecule has 18 heavy (non-hydrogen) atoms. The van der Waals surface area contributed by atoms with Crippen molar-refractivity contribution in [3.63, 3.8) is 0 Å². The number of aromatic nitrogens is 2. The van der Waals surface area contributed by atoms with Crippen molar-refractivity contribution in [3.05, 3.63) is 29.6 Å². The monoisotopic (exact) mass is 245 g/mol. The Bertz CT molecular complexity index is 570. The fourth-order valence-corrected chi connectivity index (χ4v) is 2.56. The van der Waals surface area contributed by atoms with Crippen LogP contribution < -0.4 is 0 Å². The molecule has 2 aromatic rings. The highest BCUT2D eigenvalue weighted by molar-refractivity contribution is 5.76. The first-order valence-corrected chi connectivity index (χ1v) is 6.46. The molecule has 0 radical (unpaired) electrons. The first-order chi connectivity index (χ1) is 8.63. The third-order valence-electron chi connectivity index (χ3n) is 3.72. The van der Waals surface area contributed by atoms with Crippen LogP contribution in [0.25, 0.3) is 11.0 Å². The van der Waals surface area contributed by atoms with Crippen LogP contribution in [0.1, 0.15) is 11.4 Å². The van der Waals surface area contributed by atoms with E-state index in [1.165, 1.54) is 11.1 Å². The van der Waals surface area contributed by atoms with E-state index < -0.39 is 0 Å². The largest absolute Gasteiger partial charge is 0.390 e. The summed E-state index contributed by atoms with van der Waals surface area (Å²) in [5.41, 5.74) is 3.54. The Morgan fingerprint density at radius 3 is 2.89 bits per heavy atom. The van der Waals surface area contributed by atoms with Crippen LogP contribution in [0.4, 0.5) is 0 Å². The Hall–Kier alpha value is -1.39. The van der Waals surface area contributed by atoms with Crippen LogP contribution in [0.15, 0.2) is 18.2 Å². The zero-order valence-corrected chi connectivity index (χ0v) is 10.9. The van der Waals surface area contributed by atoms with Crippen LogP contribution >= 0.6 is 0 Å². The van der Waals surface area contributed by atoms with Crippen molar-refractivity contribution >= 4 is 11.0 Å². The van der Waals surface area contributed by atoms with Gasteiger partial charge in [0.05, 0.1) is 17.1 Å². The summed E-state index contributed by atoms with van der Waals surface area (Å²) in [6.07, 6.45) is 0.824. The number of nitrogens with zero attached hydrogens (tertiary/aromatic N) is 3. The summed E-state index contributed by atoms with van der Waals surface area (Å²) in [5.74, 6) is 1.12. The number of aryl methyl sites for hydroxylation is 2. The Labute approximate surface area is 107 Å². The third-order valence-corrected chi connectivity index (χ3v) is 3.72. The summed E-state index contributed by atoms with van der Waals surface area (Å²) < 4.78 is 2.18. The van der Waals surface area contributed by atoms with Gasteiger partial charge in [0.15, 0.2) is 0 Å². The highest BCUT2D eigenvalue weighted by Crippen LogP contribution is 2.17. The maximum Gasteiger partial charge on any atom is 0.110 e. The molecule has 1 aromatic heterocycles. The molecule has 4 heteroatoms. The topological polar surface area (TPSA) is 41.3 Å². The van der Waals surface area contributed by atoms with Crippen LogP contribution in [-0.2, 0) is 13.5 Å². The lowest BCUT2D eigenvalue weighted by Gasteiger charge is -2.35. The third kappa shape index (κ3) is 2.02. The predicted molar refractivity (Wildman–Crippen MR) is 71.6 cm³/mol. The second-order valence-electron chi connectivity index (χ2n) is 5.24. The van der Waals surface area contributed by atoms with Gasteiger partial charge < -0.3 is 9.67 Å². The van der Waals surface area contributed by atoms with Gasteiger partial charge in [0, 0.05) is 33.1 Å². The number of hydrogen-bond acceptors (Lipinski definition) is 3. The van der Waals surface area contributed by atoms with Crippen molar-refractivity contribution in [1.82, 2.24) is 14.5 Å². The number of benzene rings is 1. The van der Waals surface area contributed by atoms with Crippen molar-refractivity contribution in [2.24, 2.45) is 7.05 Å². The lowest BCUT2D eigenvalue weighted by atomic mass is 10.1. The van der Waals surface area contributed by atoms with Crippen molar-refractivity contribution in [2.75, 3.05) is 19.6 Å². The van der Waals surface area contributed by atoms with Crippen molar-refractivity contribution in [3.8, 4) is 0 Å². The number of β-amino-alcohol motifs (C(OH)–C–C–N with tert-alkyl or cyclic N) is 1. The first kappa shape index (κ1) is 11.7. The molecular formula is C14H19N3O. The van der Waals surface area contributed by atoms with Crippen LogP contribution in [-0.4, -0.2) is 45.3 Å². The summed E-state index contributed by atoms with van der Waals surface area (Å²) >= 11 is 0. The van der Waals surface area contributed by atoms with Crippen molar-refractivity contribution in [2.45, 2.75) is 19.4 Å². The molecule has 1 aromatic carbocycles. The van der Waals surface area contributed by atoms with Crippen molar-refractivity contribution in [1.29, 1.82) is 0 Å². The summed E-state index contributed by atoms with van der Waals surface area (Å²) in [4.78, 5) is 6.94. The number of likely N-dealkylation sites (tertiary alicyclic amines) is 1. The molecule has 96 valence electrons. The van der Waals surface area contributed by atoms with E-state index in [4.69, 9.17) is 0 Å². The second-order valence-corrected chi connectivity index (χ2v) is 5.24. The van der Waals surface area contributed by atoms with Crippen LogP contribution in [0.2, 0.25) is 0 Å². The highest BCUT2D eigenvalue weighted by Gasteiger charge is 2.23. The number of aliphatic hydroxyl groups is 1. The maximum absolute atomic E-state index is 9.25. The van der Waals surface area contributed by atoms with E-state index in [9.17, 15) is 5.11 Å². The molecule has 0 saturated carbocycles. The van der Waals surface area contributed by atoms with E-state index >= 15 is 0 Å². The SMILES string of the molecule is Cc1ccc2nc(CCN3CC(O)C3)n(C)c2c1. The molecule has 3 rings (SSSR count). The van der Waals surface area contributed by atoms with E-state index in [-0.39, 0.29) is 6.10 Å². The lowest BCUT2D eigenvalue weighted by molar-refractivity contribution is 0.00277. The quantitative estimate of drug-likeness (QED) is 0.880. The second kappa shape index (κ2) is 4.37. The Morgan fingerprint density at radius 2 is 2.17 bits per heavy atom. The molecule has 1 aliphatic heterocycles. The molecule has 4 nitrogen and oxygen atoms in total. The van der Waals surface area contributed by atoms with Gasteiger partial charge >= 0.3 is 0 Å². The smallest absolute Gasteiger partial charge is 0.110 e. The summed E-state index contributed by atoms with van der Waals surface area (Å²) in [7, 11) is 2.08. The summed E-state index contributed by atoms with van der Waals surface area (Å²) in [6.45, 7) is 4.70. The fraction of sp³-hybridized carbons (Fsp3) is 0.500.